The lowest BCUT2D eigenvalue weighted by molar-refractivity contribution is 0.185. The Morgan fingerprint density at radius 3 is 2.50 bits per heavy atom. The molecule has 1 aliphatic rings. The van der Waals surface area contributed by atoms with Gasteiger partial charge in [0.05, 0.1) is 0 Å². The molecule has 1 saturated carbocycles. The van der Waals surface area contributed by atoms with Crippen LogP contribution >= 0.6 is 0 Å². The Morgan fingerprint density at radius 2 is 2.00 bits per heavy atom. The van der Waals surface area contributed by atoms with Crippen LogP contribution in [0.3, 0.4) is 0 Å². The van der Waals surface area contributed by atoms with Crippen molar-refractivity contribution in [2.24, 2.45) is 17.6 Å². The zero-order chi connectivity index (χ0) is 9.19. The van der Waals surface area contributed by atoms with Gasteiger partial charge in [0.25, 0.3) is 0 Å². The van der Waals surface area contributed by atoms with E-state index in [9.17, 15) is 0 Å². The van der Waals surface area contributed by atoms with E-state index in [0.29, 0.717) is 0 Å². The van der Waals surface area contributed by atoms with Gasteiger partial charge in [0.2, 0.25) is 0 Å². The second-order valence-electron chi connectivity index (χ2n) is 4.96. The van der Waals surface area contributed by atoms with Crippen molar-refractivity contribution in [2.45, 2.75) is 58.4 Å². The molecule has 1 fully saturated rings. The van der Waals surface area contributed by atoms with Crippen molar-refractivity contribution in [1.29, 1.82) is 0 Å². The minimum Gasteiger partial charge on any atom is -0.325 e. The number of nitrogens with two attached hydrogens (primary N) is 1. The maximum Gasteiger partial charge on any atom is 0.0125 e. The van der Waals surface area contributed by atoms with Crippen LogP contribution in [0.25, 0.3) is 0 Å². The Kier molecular flexibility index (Phi) is 3.16. The van der Waals surface area contributed by atoms with E-state index in [2.05, 4.69) is 20.8 Å². The highest BCUT2D eigenvalue weighted by molar-refractivity contribution is 4.86. The Bertz CT molecular complexity index is 134. The molecule has 0 aromatic rings. The molecule has 0 amide bonds. The highest BCUT2D eigenvalue weighted by Gasteiger charge is 2.29. The summed E-state index contributed by atoms with van der Waals surface area (Å²) in [5.74, 6) is 1.71. The molecule has 0 aromatic carbocycles. The molecule has 0 aliphatic heterocycles. The third-order valence-electron chi connectivity index (χ3n) is 3.41. The molecule has 72 valence electrons. The van der Waals surface area contributed by atoms with Crippen molar-refractivity contribution in [1.82, 2.24) is 0 Å². The Labute approximate surface area is 76.7 Å². The van der Waals surface area contributed by atoms with Crippen molar-refractivity contribution < 1.29 is 0 Å². The van der Waals surface area contributed by atoms with E-state index < -0.39 is 0 Å². The molecule has 0 bridgehead atoms. The van der Waals surface area contributed by atoms with Gasteiger partial charge in [-0.1, -0.05) is 26.2 Å². The van der Waals surface area contributed by atoms with Crippen LogP contribution in [0.5, 0.6) is 0 Å². The first-order valence-electron chi connectivity index (χ1n) is 5.33. The minimum atomic E-state index is 0.0494. The van der Waals surface area contributed by atoms with Crippen LogP contribution in [-0.4, -0.2) is 5.54 Å². The fourth-order valence-corrected chi connectivity index (χ4v) is 2.34. The van der Waals surface area contributed by atoms with E-state index in [1.165, 1.54) is 32.1 Å². The van der Waals surface area contributed by atoms with Crippen LogP contribution < -0.4 is 5.73 Å². The van der Waals surface area contributed by atoms with Crippen LogP contribution in [0.1, 0.15) is 52.9 Å². The van der Waals surface area contributed by atoms with Crippen LogP contribution in [0.2, 0.25) is 0 Å². The van der Waals surface area contributed by atoms with E-state index in [1.807, 2.05) is 0 Å². The summed E-state index contributed by atoms with van der Waals surface area (Å²) in [6.07, 6.45) is 6.87. The summed E-state index contributed by atoms with van der Waals surface area (Å²) in [5, 5.41) is 0. The standard InChI is InChI=1S/C11H23N/c1-4-9-6-5-7-10(8-9)11(2,3)12/h9-10H,4-8,12H2,1-3H3. The average Bonchev–Trinajstić information content (AvgIpc) is 2.03. The molecule has 2 N–H and O–H groups in total. The molecule has 0 radical (unpaired) electrons. The summed E-state index contributed by atoms with van der Waals surface area (Å²) in [6, 6.07) is 0. The monoisotopic (exact) mass is 169 g/mol. The van der Waals surface area contributed by atoms with Gasteiger partial charge >= 0.3 is 0 Å². The maximum absolute atomic E-state index is 6.13. The highest BCUT2D eigenvalue weighted by Crippen LogP contribution is 2.35. The molecular weight excluding hydrogens is 146 g/mol. The molecule has 1 nitrogen and oxygen atoms in total. The summed E-state index contributed by atoms with van der Waals surface area (Å²) in [6.45, 7) is 6.65. The average molecular weight is 169 g/mol. The molecule has 12 heavy (non-hydrogen) atoms. The van der Waals surface area contributed by atoms with Crippen molar-refractivity contribution in [3.05, 3.63) is 0 Å². The molecule has 0 spiro atoms. The summed E-state index contributed by atoms with van der Waals surface area (Å²) in [4.78, 5) is 0. The van der Waals surface area contributed by atoms with Gasteiger partial charge in [-0.3, -0.25) is 0 Å². The van der Waals surface area contributed by atoms with Crippen LogP contribution in [-0.2, 0) is 0 Å². The van der Waals surface area contributed by atoms with Crippen LogP contribution in [0.4, 0.5) is 0 Å². The lowest BCUT2D eigenvalue weighted by Gasteiger charge is -2.37. The van der Waals surface area contributed by atoms with Gasteiger partial charge in [-0.05, 0) is 38.5 Å². The molecule has 0 heterocycles. The zero-order valence-electron chi connectivity index (χ0n) is 8.77. The van der Waals surface area contributed by atoms with Gasteiger partial charge in [-0.15, -0.1) is 0 Å². The van der Waals surface area contributed by atoms with Gasteiger partial charge in [0.1, 0.15) is 0 Å². The quantitative estimate of drug-likeness (QED) is 0.675. The van der Waals surface area contributed by atoms with Crippen molar-refractivity contribution in [2.75, 3.05) is 0 Å². The van der Waals surface area contributed by atoms with Crippen molar-refractivity contribution >= 4 is 0 Å². The SMILES string of the molecule is CCC1CCCC(C(C)(C)N)C1. The molecule has 2 atom stereocenters. The summed E-state index contributed by atoms with van der Waals surface area (Å²) < 4.78 is 0. The van der Waals surface area contributed by atoms with Gasteiger partial charge in [-0.2, -0.15) is 0 Å². The Morgan fingerprint density at radius 1 is 1.33 bits per heavy atom. The second-order valence-corrected chi connectivity index (χ2v) is 4.96. The minimum absolute atomic E-state index is 0.0494. The molecular formula is C11H23N. The highest BCUT2D eigenvalue weighted by atomic mass is 14.7. The van der Waals surface area contributed by atoms with Crippen LogP contribution in [0, 0.1) is 11.8 Å². The lowest BCUT2D eigenvalue weighted by Crippen LogP contribution is -2.43. The predicted molar refractivity (Wildman–Crippen MR) is 54.0 cm³/mol. The summed E-state index contributed by atoms with van der Waals surface area (Å²) in [7, 11) is 0. The molecule has 0 aromatic heterocycles. The second kappa shape index (κ2) is 3.78. The zero-order valence-corrected chi connectivity index (χ0v) is 8.77. The van der Waals surface area contributed by atoms with Gasteiger partial charge in [-0.25, -0.2) is 0 Å². The van der Waals surface area contributed by atoms with E-state index in [4.69, 9.17) is 5.73 Å². The summed E-state index contributed by atoms with van der Waals surface area (Å²) >= 11 is 0. The first-order chi connectivity index (χ1) is 5.54. The number of hydrogen-bond donors (Lipinski definition) is 1. The van der Waals surface area contributed by atoms with Gasteiger partial charge in [0, 0.05) is 5.54 Å². The molecule has 1 rings (SSSR count). The number of hydrogen-bond acceptors (Lipinski definition) is 1. The third kappa shape index (κ3) is 2.48. The van der Waals surface area contributed by atoms with Gasteiger partial charge < -0.3 is 5.73 Å². The number of rotatable bonds is 2. The van der Waals surface area contributed by atoms with E-state index in [1.54, 1.807) is 0 Å². The molecule has 0 saturated heterocycles. The summed E-state index contributed by atoms with van der Waals surface area (Å²) in [5.41, 5.74) is 6.18. The maximum atomic E-state index is 6.13. The van der Waals surface area contributed by atoms with Crippen molar-refractivity contribution in [3.8, 4) is 0 Å². The largest absolute Gasteiger partial charge is 0.325 e. The molecule has 1 aliphatic carbocycles. The lowest BCUT2D eigenvalue weighted by atomic mass is 9.72. The van der Waals surface area contributed by atoms with E-state index in [0.717, 1.165) is 11.8 Å². The Hall–Kier alpha value is -0.0400. The van der Waals surface area contributed by atoms with E-state index in [-0.39, 0.29) is 5.54 Å². The molecule has 1 heteroatoms. The molecule has 2 unspecified atom stereocenters. The van der Waals surface area contributed by atoms with Gasteiger partial charge in [0.15, 0.2) is 0 Å². The first kappa shape index (κ1) is 10.0. The third-order valence-corrected chi connectivity index (χ3v) is 3.41. The fraction of sp³-hybridized carbons (Fsp3) is 1.00. The predicted octanol–water partition coefficient (Wildman–Crippen LogP) is 2.94. The normalized spacial score (nSPS) is 32.0. The Balaban J connectivity index is 2.46. The van der Waals surface area contributed by atoms with Crippen molar-refractivity contribution in [3.63, 3.8) is 0 Å². The topological polar surface area (TPSA) is 26.0 Å². The first-order valence-corrected chi connectivity index (χ1v) is 5.33. The fourth-order valence-electron chi connectivity index (χ4n) is 2.34. The van der Waals surface area contributed by atoms with E-state index >= 15 is 0 Å². The smallest absolute Gasteiger partial charge is 0.0125 e. The van der Waals surface area contributed by atoms with Crippen LogP contribution in [0.15, 0.2) is 0 Å².